The third-order valence-electron chi connectivity index (χ3n) is 9.51. The molecule has 8 aromatic carbocycles. The van der Waals surface area contributed by atoms with Crippen molar-refractivity contribution in [3.8, 4) is 28.2 Å². The summed E-state index contributed by atoms with van der Waals surface area (Å²) in [4.78, 5) is 0. The Bertz CT molecular complexity index is 3990. The summed E-state index contributed by atoms with van der Waals surface area (Å²) >= 11 is 0. The van der Waals surface area contributed by atoms with Gasteiger partial charge in [-0.3, -0.25) is 0 Å². The van der Waals surface area contributed by atoms with Crippen LogP contribution < -0.4 is 0 Å². The first kappa shape index (κ1) is 16.7. The number of fused-ring (bicyclic) bond motifs is 9. The summed E-state index contributed by atoms with van der Waals surface area (Å²) in [6.45, 7) is 0. The van der Waals surface area contributed by atoms with Crippen molar-refractivity contribution in [1.82, 2.24) is 13.7 Å². The summed E-state index contributed by atoms with van der Waals surface area (Å²) in [5.74, 6) is 0. The molecule has 0 saturated carbocycles. The zero-order chi connectivity index (χ0) is 47.4. The predicted octanol–water partition coefficient (Wildman–Crippen LogP) is 12.6. The zero-order valence-electron chi connectivity index (χ0n) is 42.5. The van der Waals surface area contributed by atoms with Crippen LogP contribution in [0.2, 0.25) is 0 Å². The quantitative estimate of drug-likeness (QED) is 0.178. The van der Waals surface area contributed by atoms with Gasteiger partial charge in [-0.1, -0.05) is 115 Å². The van der Waals surface area contributed by atoms with Gasteiger partial charge in [0.1, 0.15) is 0 Å². The fraction of sp³-hybridized carbons (Fsp3) is 0. The summed E-state index contributed by atoms with van der Waals surface area (Å²) in [5, 5.41) is 2.97. The Hall–Kier alpha value is -6.84. The molecule has 3 heterocycles. The third kappa shape index (κ3) is 4.12. The lowest BCUT2D eigenvalue weighted by atomic mass is 10.1. The average molecular weight is 666 g/mol. The van der Waals surface area contributed by atoms with E-state index in [-0.39, 0.29) is 50.7 Å². The Morgan fingerprint density at radius 2 is 0.824 bits per heavy atom. The number of para-hydroxylation sites is 4. The highest BCUT2D eigenvalue weighted by atomic mass is 15.0. The topological polar surface area (TPSA) is 14.8 Å². The van der Waals surface area contributed by atoms with Gasteiger partial charge < -0.3 is 13.7 Å². The van der Waals surface area contributed by atoms with Gasteiger partial charge in [0, 0.05) is 49.4 Å². The van der Waals surface area contributed by atoms with Crippen molar-refractivity contribution >= 4 is 65.4 Å². The van der Waals surface area contributed by atoms with Gasteiger partial charge >= 0.3 is 0 Å². The van der Waals surface area contributed by atoms with Gasteiger partial charge in [-0.05, 0) is 83.8 Å². The van der Waals surface area contributed by atoms with Crippen molar-refractivity contribution < 1.29 is 21.9 Å². The lowest BCUT2D eigenvalue weighted by Gasteiger charge is -2.12. The van der Waals surface area contributed by atoms with Crippen molar-refractivity contribution in [3.05, 3.63) is 188 Å². The van der Waals surface area contributed by atoms with Crippen LogP contribution in [0.25, 0.3) is 93.6 Å². The van der Waals surface area contributed by atoms with Crippen LogP contribution in [-0.4, -0.2) is 13.7 Å². The van der Waals surface area contributed by atoms with Gasteiger partial charge in [-0.2, -0.15) is 0 Å². The van der Waals surface area contributed by atoms with E-state index in [9.17, 15) is 1.37 Å². The van der Waals surface area contributed by atoms with Crippen LogP contribution in [-0.2, 0) is 0 Å². The highest BCUT2D eigenvalue weighted by molar-refractivity contribution is 6.14. The first-order valence-electron chi connectivity index (χ1n) is 24.2. The fourth-order valence-electron chi connectivity index (χ4n) is 7.39. The molecular weight excluding hydrogens is 619 g/mol. The first-order chi connectivity index (χ1) is 32.0. The lowest BCUT2D eigenvalue weighted by molar-refractivity contribution is 1.16. The van der Waals surface area contributed by atoms with Gasteiger partial charge in [0.15, 0.2) is 0 Å². The normalized spacial score (nSPS) is 16.3. The standard InChI is InChI=1S/C48H31N3/c1-2-13-32(14-3-1)33-15-12-16-34(29-33)49-45-23-10-6-19-39(45)41-31-36(26-27-47(41)49)51-46-24-11-7-20-40(46)42-30-35(25-28-48(42)51)50-43-21-8-4-17-37(43)38-18-5-9-22-44(38)50/h1-31H/i1D,2D,3D,4D,5D,8D,9D,12D,13D,15D,16D,17D,18D,21D,22D,29D. The molecule has 11 aromatic rings. The molecule has 0 bridgehead atoms. The van der Waals surface area contributed by atoms with Crippen molar-refractivity contribution in [2.75, 3.05) is 0 Å². The molecule has 0 unspecified atom stereocenters. The number of nitrogens with zero attached hydrogens (tertiary/aromatic N) is 3. The molecule has 0 amide bonds. The Morgan fingerprint density at radius 3 is 1.47 bits per heavy atom. The molecule has 0 atom stereocenters. The monoisotopic (exact) mass is 665 g/mol. The van der Waals surface area contributed by atoms with Crippen LogP contribution >= 0.6 is 0 Å². The highest BCUT2D eigenvalue weighted by Gasteiger charge is 2.18. The van der Waals surface area contributed by atoms with E-state index in [2.05, 4.69) is 0 Å². The van der Waals surface area contributed by atoms with E-state index >= 15 is 0 Å². The average Bonchev–Trinajstić information content (AvgIpc) is 3.98. The Kier molecular flexibility index (Phi) is 3.55. The summed E-state index contributed by atoms with van der Waals surface area (Å²) < 4.78 is 145. The molecule has 3 aromatic heterocycles. The molecule has 0 aliphatic carbocycles. The minimum atomic E-state index is -0.548. The first-order valence-corrected chi connectivity index (χ1v) is 16.2. The molecule has 0 saturated heterocycles. The lowest BCUT2D eigenvalue weighted by Crippen LogP contribution is -1.97. The van der Waals surface area contributed by atoms with Gasteiger partial charge in [0.05, 0.1) is 55.0 Å². The van der Waals surface area contributed by atoms with Crippen molar-refractivity contribution in [3.63, 3.8) is 0 Å². The molecule has 0 radical (unpaired) electrons. The maximum absolute atomic E-state index is 9.48. The van der Waals surface area contributed by atoms with E-state index in [1.165, 1.54) is 4.57 Å². The maximum Gasteiger partial charge on any atom is 0.0651 e. The molecule has 0 aliphatic heterocycles. The number of hydrogen-bond donors (Lipinski definition) is 0. The van der Waals surface area contributed by atoms with Gasteiger partial charge in [0.2, 0.25) is 0 Å². The second-order valence-corrected chi connectivity index (χ2v) is 12.2. The molecule has 51 heavy (non-hydrogen) atoms. The Morgan fingerprint density at radius 1 is 0.314 bits per heavy atom. The smallest absolute Gasteiger partial charge is 0.0651 e. The molecule has 0 N–H and O–H groups in total. The molecule has 0 aliphatic rings. The molecule has 0 fully saturated rings. The van der Waals surface area contributed by atoms with Gasteiger partial charge in [-0.15, -0.1) is 0 Å². The molecule has 0 spiro atoms. The van der Waals surface area contributed by atoms with Gasteiger partial charge in [-0.25, -0.2) is 0 Å². The Balaban J connectivity index is 1.17. The number of benzene rings is 8. The van der Waals surface area contributed by atoms with E-state index in [0.29, 0.717) is 22.1 Å². The molecule has 238 valence electrons. The van der Waals surface area contributed by atoms with Crippen LogP contribution in [0.5, 0.6) is 0 Å². The third-order valence-corrected chi connectivity index (χ3v) is 9.51. The summed E-state index contributed by atoms with van der Waals surface area (Å²) in [6, 6.07) is 20.0. The SMILES string of the molecule is [2H]c1cc(-c2c([2H])c([2H])c([2H])c(-n3c4ccccc4c4cc(-n5c6ccccc6c6cc(-n7c8c([2H])c([2H])c([2H])c([2H])c8c8c([2H])c([2H])c([2H])c([2H])c87)ccc65)ccc43)c2[2H])c([2H])c([2H])c1[2H]. The molecular formula is C48H31N3. The molecule has 3 nitrogen and oxygen atoms in total. The largest absolute Gasteiger partial charge is 0.309 e. The molecule has 3 heteroatoms. The van der Waals surface area contributed by atoms with Crippen LogP contribution in [0.4, 0.5) is 0 Å². The number of hydrogen-bond acceptors (Lipinski definition) is 0. The van der Waals surface area contributed by atoms with Crippen LogP contribution in [0.3, 0.4) is 0 Å². The predicted molar refractivity (Wildman–Crippen MR) is 215 cm³/mol. The maximum atomic E-state index is 9.48. The van der Waals surface area contributed by atoms with Crippen molar-refractivity contribution in [2.24, 2.45) is 0 Å². The second kappa shape index (κ2) is 10.8. The minimum absolute atomic E-state index is 0.0137. The summed E-state index contributed by atoms with van der Waals surface area (Å²) in [5.41, 5.74) is 3.48. The number of rotatable bonds is 4. The second-order valence-electron chi connectivity index (χ2n) is 12.2. The summed E-state index contributed by atoms with van der Waals surface area (Å²) in [6.07, 6.45) is 0. The number of aromatic nitrogens is 3. The van der Waals surface area contributed by atoms with E-state index in [1.54, 1.807) is 16.7 Å². The van der Waals surface area contributed by atoms with Crippen LogP contribution in [0.15, 0.2) is 188 Å². The van der Waals surface area contributed by atoms with E-state index in [0.717, 1.165) is 38.9 Å². The van der Waals surface area contributed by atoms with Crippen molar-refractivity contribution in [1.29, 1.82) is 0 Å². The van der Waals surface area contributed by atoms with Crippen molar-refractivity contribution in [2.45, 2.75) is 0 Å². The van der Waals surface area contributed by atoms with Gasteiger partial charge in [0.25, 0.3) is 0 Å². The highest BCUT2D eigenvalue weighted by Crippen LogP contribution is 2.39. The van der Waals surface area contributed by atoms with Crippen LogP contribution in [0.1, 0.15) is 21.9 Å². The fourth-order valence-corrected chi connectivity index (χ4v) is 7.39. The molecule has 11 rings (SSSR count). The van der Waals surface area contributed by atoms with E-state index in [1.807, 2.05) is 77.4 Å². The summed E-state index contributed by atoms with van der Waals surface area (Å²) in [7, 11) is 0. The van der Waals surface area contributed by atoms with Crippen LogP contribution in [0, 0.1) is 0 Å². The zero-order valence-corrected chi connectivity index (χ0v) is 26.5. The van der Waals surface area contributed by atoms with E-state index < -0.39 is 84.6 Å². The minimum Gasteiger partial charge on any atom is -0.309 e. The van der Waals surface area contributed by atoms with E-state index in [4.69, 9.17) is 20.6 Å². The Labute approximate surface area is 316 Å².